The van der Waals surface area contributed by atoms with E-state index in [2.05, 4.69) is 34.6 Å². The molecule has 380 valence electrons. The summed E-state index contributed by atoms with van der Waals surface area (Å²) >= 11 is 0. The molecule has 64 heavy (non-hydrogen) atoms. The van der Waals surface area contributed by atoms with Gasteiger partial charge in [-0.25, -0.2) is 0 Å². The van der Waals surface area contributed by atoms with Gasteiger partial charge < -0.3 is 14.2 Å². The summed E-state index contributed by atoms with van der Waals surface area (Å²) in [4.78, 5) is 38.1. The van der Waals surface area contributed by atoms with Gasteiger partial charge in [-0.3, -0.25) is 14.4 Å². The van der Waals surface area contributed by atoms with E-state index in [1.807, 2.05) is 0 Å². The first-order valence-corrected chi connectivity index (χ1v) is 28.8. The van der Waals surface area contributed by atoms with Crippen molar-refractivity contribution < 1.29 is 28.6 Å². The summed E-state index contributed by atoms with van der Waals surface area (Å²) in [5, 5.41) is 0. The van der Waals surface area contributed by atoms with Crippen molar-refractivity contribution in [3.63, 3.8) is 0 Å². The molecular formula is C58H112O6. The van der Waals surface area contributed by atoms with Crippen LogP contribution in [0, 0.1) is 11.8 Å². The maximum atomic E-state index is 12.8. The van der Waals surface area contributed by atoms with E-state index in [1.54, 1.807) is 0 Å². The topological polar surface area (TPSA) is 78.9 Å². The maximum absolute atomic E-state index is 12.8. The van der Waals surface area contributed by atoms with Crippen molar-refractivity contribution in [2.24, 2.45) is 11.8 Å². The summed E-state index contributed by atoms with van der Waals surface area (Å²) in [7, 11) is 0. The summed E-state index contributed by atoms with van der Waals surface area (Å²) < 4.78 is 16.9. The van der Waals surface area contributed by atoms with Gasteiger partial charge >= 0.3 is 17.9 Å². The van der Waals surface area contributed by atoms with E-state index >= 15 is 0 Å². The SMILES string of the molecule is CCCCCCCCCCCCCCCCCCCCC(=O)OC[C@H](COC(=O)CCCCCCCCCCCCCC(C)C)OC(=O)CCCCCCCCCCCCC(C)CC. The molecule has 0 aromatic heterocycles. The van der Waals surface area contributed by atoms with Crippen LogP contribution in [0.1, 0.15) is 324 Å². The van der Waals surface area contributed by atoms with Crippen LogP contribution in [0.15, 0.2) is 0 Å². The van der Waals surface area contributed by atoms with Gasteiger partial charge in [0.1, 0.15) is 13.2 Å². The molecule has 0 rings (SSSR count). The number of esters is 3. The summed E-state index contributed by atoms with van der Waals surface area (Å²) in [5.74, 6) is 0.853. The van der Waals surface area contributed by atoms with Crippen LogP contribution in [0.4, 0.5) is 0 Å². The van der Waals surface area contributed by atoms with Gasteiger partial charge in [-0.1, -0.05) is 285 Å². The second-order valence-corrected chi connectivity index (χ2v) is 20.6. The number of carbonyl (C=O) groups is 3. The van der Waals surface area contributed by atoms with E-state index in [-0.39, 0.29) is 31.1 Å². The van der Waals surface area contributed by atoms with Crippen molar-refractivity contribution in [2.75, 3.05) is 13.2 Å². The maximum Gasteiger partial charge on any atom is 0.306 e. The van der Waals surface area contributed by atoms with Gasteiger partial charge in [-0.15, -0.1) is 0 Å². The number of carbonyl (C=O) groups excluding carboxylic acids is 3. The molecule has 2 atom stereocenters. The summed E-state index contributed by atoms with van der Waals surface area (Å²) in [6, 6.07) is 0. The Bertz CT molecular complexity index is 980. The van der Waals surface area contributed by atoms with E-state index in [0.29, 0.717) is 19.3 Å². The highest BCUT2D eigenvalue weighted by Crippen LogP contribution is 2.18. The highest BCUT2D eigenvalue weighted by atomic mass is 16.6. The lowest BCUT2D eigenvalue weighted by molar-refractivity contribution is -0.167. The zero-order chi connectivity index (χ0) is 46.8. The molecule has 0 bridgehead atoms. The largest absolute Gasteiger partial charge is 0.462 e. The van der Waals surface area contributed by atoms with E-state index in [9.17, 15) is 14.4 Å². The molecule has 0 fully saturated rings. The van der Waals surface area contributed by atoms with Gasteiger partial charge in [0, 0.05) is 19.3 Å². The predicted molar refractivity (Wildman–Crippen MR) is 275 cm³/mol. The van der Waals surface area contributed by atoms with E-state index in [1.165, 1.54) is 212 Å². The van der Waals surface area contributed by atoms with Crippen LogP contribution in [0.3, 0.4) is 0 Å². The molecule has 0 saturated carbocycles. The van der Waals surface area contributed by atoms with Crippen LogP contribution in [0.25, 0.3) is 0 Å². The zero-order valence-corrected chi connectivity index (χ0v) is 43.9. The van der Waals surface area contributed by atoms with Crippen LogP contribution in [0.5, 0.6) is 0 Å². The lowest BCUT2D eigenvalue weighted by Gasteiger charge is -2.18. The first kappa shape index (κ1) is 62.4. The Hall–Kier alpha value is -1.59. The van der Waals surface area contributed by atoms with Crippen molar-refractivity contribution in [1.82, 2.24) is 0 Å². The number of hydrogen-bond donors (Lipinski definition) is 0. The molecule has 0 aliphatic carbocycles. The Morgan fingerprint density at radius 3 is 0.891 bits per heavy atom. The van der Waals surface area contributed by atoms with Gasteiger partial charge in [-0.05, 0) is 31.1 Å². The Labute approximate surface area is 399 Å². The van der Waals surface area contributed by atoms with Crippen LogP contribution in [-0.4, -0.2) is 37.2 Å². The van der Waals surface area contributed by atoms with Crippen molar-refractivity contribution in [3.8, 4) is 0 Å². The minimum Gasteiger partial charge on any atom is -0.462 e. The van der Waals surface area contributed by atoms with E-state index < -0.39 is 6.10 Å². The van der Waals surface area contributed by atoms with Crippen molar-refractivity contribution in [3.05, 3.63) is 0 Å². The molecule has 0 aliphatic heterocycles. The minimum absolute atomic E-state index is 0.0630. The van der Waals surface area contributed by atoms with Crippen molar-refractivity contribution in [1.29, 1.82) is 0 Å². The van der Waals surface area contributed by atoms with E-state index in [4.69, 9.17) is 14.2 Å². The Morgan fingerprint density at radius 2 is 0.594 bits per heavy atom. The summed E-state index contributed by atoms with van der Waals surface area (Å²) in [6.45, 7) is 11.4. The third-order valence-corrected chi connectivity index (χ3v) is 13.6. The molecule has 0 aromatic rings. The average Bonchev–Trinajstić information content (AvgIpc) is 3.28. The second-order valence-electron chi connectivity index (χ2n) is 20.6. The molecule has 6 nitrogen and oxygen atoms in total. The van der Waals surface area contributed by atoms with Gasteiger partial charge in [0.25, 0.3) is 0 Å². The van der Waals surface area contributed by atoms with E-state index in [0.717, 1.165) is 69.6 Å². The average molecular weight is 906 g/mol. The monoisotopic (exact) mass is 905 g/mol. The molecule has 0 N–H and O–H groups in total. The molecule has 6 heteroatoms. The number of hydrogen-bond acceptors (Lipinski definition) is 6. The van der Waals surface area contributed by atoms with Gasteiger partial charge in [0.2, 0.25) is 0 Å². The molecule has 0 aromatic carbocycles. The molecule has 0 saturated heterocycles. The standard InChI is InChI=1S/C58H112O6/c1-6-8-9-10-11-12-13-14-15-16-17-18-19-22-28-33-38-43-48-56(59)62-51-55(64-58(61)50-45-40-35-30-25-24-27-32-37-42-47-54(5)7-2)52-63-57(60)49-44-39-34-29-23-20-21-26-31-36-41-46-53(3)4/h53-55H,6-52H2,1-5H3/t54?,55-/m1/s1. The highest BCUT2D eigenvalue weighted by molar-refractivity contribution is 5.71. The highest BCUT2D eigenvalue weighted by Gasteiger charge is 2.19. The zero-order valence-electron chi connectivity index (χ0n) is 43.9. The van der Waals surface area contributed by atoms with Crippen LogP contribution < -0.4 is 0 Å². The smallest absolute Gasteiger partial charge is 0.306 e. The number of rotatable bonds is 52. The third kappa shape index (κ3) is 49.8. The molecule has 1 unspecified atom stereocenters. The molecule has 0 heterocycles. The van der Waals surface area contributed by atoms with Gasteiger partial charge in [-0.2, -0.15) is 0 Å². The first-order chi connectivity index (χ1) is 31.3. The van der Waals surface area contributed by atoms with Gasteiger partial charge in [0.05, 0.1) is 0 Å². The molecule has 0 spiro atoms. The lowest BCUT2D eigenvalue weighted by Crippen LogP contribution is -2.30. The summed E-state index contributed by atoms with van der Waals surface area (Å²) in [5.41, 5.74) is 0. The molecule has 0 amide bonds. The third-order valence-electron chi connectivity index (χ3n) is 13.6. The minimum atomic E-state index is -0.763. The lowest BCUT2D eigenvalue weighted by atomic mass is 9.99. The fourth-order valence-electron chi connectivity index (χ4n) is 8.84. The molecule has 0 aliphatic rings. The van der Waals surface area contributed by atoms with Crippen LogP contribution in [0.2, 0.25) is 0 Å². The molecule has 0 radical (unpaired) electrons. The normalized spacial score (nSPS) is 12.5. The van der Waals surface area contributed by atoms with Crippen molar-refractivity contribution >= 4 is 17.9 Å². The summed E-state index contributed by atoms with van der Waals surface area (Å²) in [6.07, 6.45) is 53.7. The number of ether oxygens (including phenoxy) is 3. The Kier molecular flexibility index (Phi) is 49.6. The van der Waals surface area contributed by atoms with Crippen molar-refractivity contribution in [2.45, 2.75) is 330 Å². The Morgan fingerprint density at radius 1 is 0.328 bits per heavy atom. The first-order valence-electron chi connectivity index (χ1n) is 28.8. The Balaban J connectivity index is 4.29. The number of unbranched alkanes of at least 4 members (excludes halogenated alkanes) is 36. The fourth-order valence-corrected chi connectivity index (χ4v) is 8.84. The van der Waals surface area contributed by atoms with Gasteiger partial charge in [0.15, 0.2) is 6.10 Å². The second kappa shape index (κ2) is 50.8. The molecular weight excluding hydrogens is 793 g/mol. The predicted octanol–water partition coefficient (Wildman–Crippen LogP) is 18.9. The quantitative estimate of drug-likeness (QED) is 0.0344. The van der Waals surface area contributed by atoms with Crippen LogP contribution >= 0.6 is 0 Å². The van der Waals surface area contributed by atoms with Crippen LogP contribution in [-0.2, 0) is 28.6 Å². The fraction of sp³-hybridized carbons (Fsp3) is 0.948.